The monoisotopic (exact) mass is 293 g/mol. The van der Waals surface area contributed by atoms with Crippen molar-refractivity contribution in [3.8, 4) is 5.75 Å². The van der Waals surface area contributed by atoms with Crippen LogP contribution in [-0.2, 0) is 14.3 Å². The molecule has 1 aromatic carbocycles. The molecule has 1 aliphatic heterocycles. The first-order valence-corrected chi connectivity index (χ1v) is 6.96. The minimum atomic E-state index is -0.944. The van der Waals surface area contributed by atoms with Gasteiger partial charge in [0.25, 0.3) is 0 Å². The van der Waals surface area contributed by atoms with E-state index in [4.69, 9.17) is 14.6 Å². The van der Waals surface area contributed by atoms with Crippen LogP contribution in [0.1, 0.15) is 13.3 Å². The first-order chi connectivity index (χ1) is 10.1. The highest BCUT2D eigenvalue weighted by molar-refractivity contribution is 6.00. The van der Waals surface area contributed by atoms with Crippen molar-refractivity contribution in [2.45, 2.75) is 13.3 Å². The van der Waals surface area contributed by atoms with Gasteiger partial charge in [-0.05, 0) is 19.1 Å². The SMILES string of the molecule is CCOCCOc1ccccc1N1CC(C(=O)O)CC1=O. The van der Waals surface area contributed by atoms with E-state index in [0.717, 1.165) is 0 Å². The van der Waals surface area contributed by atoms with E-state index in [9.17, 15) is 9.59 Å². The van der Waals surface area contributed by atoms with E-state index in [-0.39, 0.29) is 18.9 Å². The topological polar surface area (TPSA) is 76.1 Å². The second kappa shape index (κ2) is 7.08. The third kappa shape index (κ3) is 3.72. The smallest absolute Gasteiger partial charge is 0.308 e. The van der Waals surface area contributed by atoms with Crippen molar-refractivity contribution in [3.05, 3.63) is 24.3 Å². The Morgan fingerprint density at radius 3 is 2.81 bits per heavy atom. The number of nitrogens with zero attached hydrogens (tertiary/aromatic N) is 1. The Hall–Kier alpha value is -2.08. The standard InChI is InChI=1S/C15H19NO5/c1-2-20-7-8-21-13-6-4-3-5-12(13)16-10-11(15(18)19)9-14(16)17/h3-6,11H,2,7-10H2,1H3,(H,18,19). The molecular formula is C15H19NO5. The molecule has 1 unspecified atom stereocenters. The van der Waals surface area contributed by atoms with Crippen LogP contribution in [-0.4, -0.2) is 43.3 Å². The molecule has 114 valence electrons. The molecule has 0 saturated carbocycles. The molecule has 2 rings (SSSR count). The van der Waals surface area contributed by atoms with E-state index in [2.05, 4.69) is 0 Å². The van der Waals surface area contributed by atoms with Gasteiger partial charge < -0.3 is 19.5 Å². The zero-order valence-electron chi connectivity index (χ0n) is 11.9. The normalized spacial score (nSPS) is 18.0. The highest BCUT2D eigenvalue weighted by atomic mass is 16.5. The summed E-state index contributed by atoms with van der Waals surface area (Å²) in [5.41, 5.74) is 0.614. The van der Waals surface area contributed by atoms with E-state index >= 15 is 0 Å². The van der Waals surface area contributed by atoms with Gasteiger partial charge in [-0.2, -0.15) is 0 Å². The largest absolute Gasteiger partial charge is 0.489 e. The quantitative estimate of drug-likeness (QED) is 0.772. The van der Waals surface area contributed by atoms with Crippen LogP contribution in [0, 0.1) is 5.92 Å². The van der Waals surface area contributed by atoms with Crippen molar-refractivity contribution in [2.75, 3.05) is 31.3 Å². The summed E-state index contributed by atoms with van der Waals surface area (Å²) in [6.45, 7) is 3.56. The summed E-state index contributed by atoms with van der Waals surface area (Å²) < 4.78 is 10.8. The van der Waals surface area contributed by atoms with Gasteiger partial charge in [0.2, 0.25) is 5.91 Å². The zero-order valence-corrected chi connectivity index (χ0v) is 11.9. The van der Waals surface area contributed by atoms with Gasteiger partial charge in [-0.3, -0.25) is 9.59 Å². The molecule has 1 aliphatic rings. The molecule has 0 spiro atoms. The average Bonchev–Trinajstić information content (AvgIpc) is 2.86. The Morgan fingerprint density at radius 1 is 1.38 bits per heavy atom. The summed E-state index contributed by atoms with van der Waals surface area (Å²) in [4.78, 5) is 24.5. The summed E-state index contributed by atoms with van der Waals surface area (Å²) in [5.74, 6) is -1.23. The van der Waals surface area contributed by atoms with Crippen molar-refractivity contribution < 1.29 is 24.2 Å². The summed E-state index contributed by atoms with van der Waals surface area (Å²) in [7, 11) is 0. The maximum atomic E-state index is 12.0. The number of carboxylic acids is 1. The molecule has 1 N–H and O–H groups in total. The zero-order chi connectivity index (χ0) is 15.2. The molecule has 1 saturated heterocycles. The molecule has 0 aliphatic carbocycles. The Balaban J connectivity index is 2.09. The van der Waals surface area contributed by atoms with Crippen LogP contribution < -0.4 is 9.64 Å². The maximum absolute atomic E-state index is 12.0. The number of anilines is 1. The lowest BCUT2D eigenvalue weighted by Crippen LogP contribution is -2.26. The number of para-hydroxylation sites is 2. The molecule has 1 atom stereocenters. The van der Waals surface area contributed by atoms with Gasteiger partial charge in [0.05, 0.1) is 18.2 Å². The molecule has 1 heterocycles. The Kier molecular flexibility index (Phi) is 5.16. The number of rotatable bonds is 7. The van der Waals surface area contributed by atoms with Crippen molar-refractivity contribution in [3.63, 3.8) is 0 Å². The number of amides is 1. The second-order valence-electron chi connectivity index (χ2n) is 4.76. The Bertz CT molecular complexity index is 517. The molecule has 6 nitrogen and oxygen atoms in total. The fraction of sp³-hybridized carbons (Fsp3) is 0.467. The predicted octanol–water partition coefficient (Wildman–Crippen LogP) is 1.54. The highest BCUT2D eigenvalue weighted by Crippen LogP contribution is 2.33. The van der Waals surface area contributed by atoms with Crippen molar-refractivity contribution in [2.24, 2.45) is 5.92 Å². The third-order valence-corrected chi connectivity index (χ3v) is 3.32. The summed E-state index contributed by atoms with van der Waals surface area (Å²) in [5, 5.41) is 9.04. The molecule has 0 aromatic heterocycles. The van der Waals surface area contributed by atoms with Crippen molar-refractivity contribution >= 4 is 17.6 Å². The number of benzene rings is 1. The number of hydrogen-bond donors (Lipinski definition) is 1. The third-order valence-electron chi connectivity index (χ3n) is 3.32. The van der Waals surface area contributed by atoms with E-state index in [1.807, 2.05) is 13.0 Å². The fourth-order valence-corrected chi connectivity index (χ4v) is 2.26. The van der Waals surface area contributed by atoms with Crippen molar-refractivity contribution in [1.29, 1.82) is 0 Å². The summed E-state index contributed by atoms with van der Waals surface area (Å²) in [6.07, 6.45) is 0.0304. The van der Waals surface area contributed by atoms with Gasteiger partial charge >= 0.3 is 5.97 Å². The highest BCUT2D eigenvalue weighted by Gasteiger charge is 2.36. The molecule has 0 radical (unpaired) electrons. The van der Waals surface area contributed by atoms with Gasteiger partial charge in [0.15, 0.2) is 0 Å². The van der Waals surface area contributed by atoms with Gasteiger partial charge in [0, 0.05) is 19.6 Å². The fourth-order valence-electron chi connectivity index (χ4n) is 2.26. The van der Waals surface area contributed by atoms with Crippen LogP contribution in [0.15, 0.2) is 24.3 Å². The molecule has 1 amide bonds. The minimum absolute atomic E-state index is 0.0304. The van der Waals surface area contributed by atoms with Gasteiger partial charge in [-0.25, -0.2) is 0 Å². The maximum Gasteiger partial charge on any atom is 0.308 e. The number of hydrogen-bond acceptors (Lipinski definition) is 4. The molecule has 0 bridgehead atoms. The predicted molar refractivity (Wildman–Crippen MR) is 76.5 cm³/mol. The Labute approximate surface area is 123 Å². The average molecular weight is 293 g/mol. The van der Waals surface area contributed by atoms with Crippen molar-refractivity contribution in [1.82, 2.24) is 0 Å². The first-order valence-electron chi connectivity index (χ1n) is 6.96. The van der Waals surface area contributed by atoms with Crippen LogP contribution >= 0.6 is 0 Å². The molecule has 1 fully saturated rings. The van der Waals surface area contributed by atoms with Crippen LogP contribution in [0.2, 0.25) is 0 Å². The molecular weight excluding hydrogens is 274 g/mol. The van der Waals surface area contributed by atoms with E-state index < -0.39 is 11.9 Å². The second-order valence-corrected chi connectivity index (χ2v) is 4.76. The Morgan fingerprint density at radius 2 is 2.14 bits per heavy atom. The lowest BCUT2D eigenvalue weighted by molar-refractivity contribution is -0.141. The number of aliphatic carboxylic acids is 1. The van der Waals surface area contributed by atoms with Gasteiger partial charge in [0.1, 0.15) is 12.4 Å². The molecule has 1 aromatic rings. The molecule has 21 heavy (non-hydrogen) atoms. The van der Waals surface area contributed by atoms with Crippen LogP contribution in [0.25, 0.3) is 0 Å². The lowest BCUT2D eigenvalue weighted by Gasteiger charge is -2.20. The van der Waals surface area contributed by atoms with E-state index in [0.29, 0.717) is 31.3 Å². The van der Waals surface area contributed by atoms with Crippen LogP contribution in [0.3, 0.4) is 0 Å². The lowest BCUT2D eigenvalue weighted by atomic mass is 10.1. The number of ether oxygens (including phenoxy) is 2. The van der Waals surface area contributed by atoms with Gasteiger partial charge in [-0.1, -0.05) is 12.1 Å². The van der Waals surface area contributed by atoms with Crippen LogP contribution in [0.4, 0.5) is 5.69 Å². The van der Waals surface area contributed by atoms with Crippen LogP contribution in [0.5, 0.6) is 5.75 Å². The van der Waals surface area contributed by atoms with Gasteiger partial charge in [-0.15, -0.1) is 0 Å². The summed E-state index contributed by atoms with van der Waals surface area (Å²) >= 11 is 0. The number of carboxylic acid groups (broad SMARTS) is 1. The number of carbonyl (C=O) groups is 2. The van der Waals surface area contributed by atoms with E-state index in [1.165, 1.54) is 4.90 Å². The van der Waals surface area contributed by atoms with E-state index in [1.54, 1.807) is 18.2 Å². The molecule has 6 heteroatoms. The first kappa shape index (κ1) is 15.3. The number of carbonyl (C=O) groups excluding carboxylic acids is 1. The minimum Gasteiger partial charge on any atom is -0.489 e. The summed E-state index contributed by atoms with van der Waals surface area (Å²) in [6, 6.07) is 7.14.